The number of amides is 1. The molecule has 0 aliphatic rings. The summed E-state index contributed by atoms with van der Waals surface area (Å²) in [6.45, 7) is 4.38. The fraction of sp³-hybridized carbons (Fsp3) is 0.978. The van der Waals surface area contributed by atoms with Gasteiger partial charge in [-0.1, -0.05) is 245 Å². The molecular weight excluding hydrogens is 602 g/mol. The lowest BCUT2D eigenvalue weighted by Crippen LogP contribution is -2.45. The number of unbranched alkanes of at least 4 members (excludes halogenated alkanes) is 35. The van der Waals surface area contributed by atoms with Gasteiger partial charge in [0.15, 0.2) is 0 Å². The molecule has 0 aliphatic heterocycles. The van der Waals surface area contributed by atoms with Crippen LogP contribution in [0.25, 0.3) is 0 Å². The quantitative estimate of drug-likeness (QED) is 0.0557. The standard InChI is InChI=1S/C45H91NO3/c1-3-5-7-9-11-13-15-17-18-19-20-21-22-23-24-25-26-27-28-29-31-33-35-37-39-41-45(49)46-43(42-47)44(48)40-38-36-34-32-30-16-14-12-10-8-6-4-2/h43-44,47-48H,3-42H2,1-2H3,(H,46,49)/t43-,44+/m0/s1. The molecule has 3 N–H and O–H groups in total. The van der Waals surface area contributed by atoms with E-state index in [0.29, 0.717) is 12.8 Å². The van der Waals surface area contributed by atoms with Crippen LogP contribution in [0, 0.1) is 0 Å². The van der Waals surface area contributed by atoms with Gasteiger partial charge in [0.25, 0.3) is 0 Å². The van der Waals surface area contributed by atoms with Crippen LogP contribution >= 0.6 is 0 Å². The topological polar surface area (TPSA) is 69.6 Å². The molecule has 0 rings (SSSR count). The second-order valence-electron chi connectivity index (χ2n) is 15.8. The fourth-order valence-corrected chi connectivity index (χ4v) is 7.36. The lowest BCUT2D eigenvalue weighted by Gasteiger charge is -2.22. The molecular formula is C45H91NO3. The second-order valence-corrected chi connectivity index (χ2v) is 15.8. The number of nitrogens with one attached hydrogen (secondary N) is 1. The van der Waals surface area contributed by atoms with Crippen LogP contribution in [0.5, 0.6) is 0 Å². The first-order valence-corrected chi connectivity index (χ1v) is 22.7. The van der Waals surface area contributed by atoms with Crippen LogP contribution in [0.4, 0.5) is 0 Å². The van der Waals surface area contributed by atoms with Crippen LogP contribution in [0.1, 0.15) is 264 Å². The molecule has 0 radical (unpaired) electrons. The van der Waals surface area contributed by atoms with Gasteiger partial charge < -0.3 is 15.5 Å². The van der Waals surface area contributed by atoms with Gasteiger partial charge in [-0.2, -0.15) is 0 Å². The van der Waals surface area contributed by atoms with Gasteiger partial charge in [0, 0.05) is 6.42 Å². The van der Waals surface area contributed by atoms with E-state index in [1.54, 1.807) is 0 Å². The van der Waals surface area contributed by atoms with E-state index in [0.717, 1.165) is 25.7 Å². The summed E-state index contributed by atoms with van der Waals surface area (Å²) in [6, 6.07) is -0.528. The van der Waals surface area contributed by atoms with Crippen molar-refractivity contribution in [3.63, 3.8) is 0 Å². The van der Waals surface area contributed by atoms with E-state index < -0.39 is 12.1 Å². The summed E-state index contributed by atoms with van der Waals surface area (Å²) >= 11 is 0. The molecule has 0 aromatic rings. The van der Waals surface area contributed by atoms with E-state index in [4.69, 9.17) is 0 Å². The van der Waals surface area contributed by atoms with Crippen molar-refractivity contribution >= 4 is 5.91 Å². The Labute approximate surface area is 308 Å². The average molecular weight is 694 g/mol. The Balaban J connectivity index is 3.41. The molecule has 4 heteroatoms. The van der Waals surface area contributed by atoms with Crippen molar-refractivity contribution in [3.05, 3.63) is 0 Å². The molecule has 49 heavy (non-hydrogen) atoms. The molecule has 0 aliphatic carbocycles. The fourth-order valence-electron chi connectivity index (χ4n) is 7.36. The number of hydrogen-bond donors (Lipinski definition) is 3. The van der Waals surface area contributed by atoms with Gasteiger partial charge in [0.1, 0.15) is 0 Å². The number of carbonyl (C=O) groups excluding carboxylic acids is 1. The van der Waals surface area contributed by atoms with Crippen molar-refractivity contribution in [1.82, 2.24) is 5.32 Å². The summed E-state index contributed by atoms with van der Waals surface area (Å²) in [6.07, 6.45) is 50.5. The maximum Gasteiger partial charge on any atom is 0.220 e. The number of hydrogen-bond acceptors (Lipinski definition) is 3. The van der Waals surface area contributed by atoms with Crippen LogP contribution in [0.15, 0.2) is 0 Å². The molecule has 0 bridgehead atoms. The van der Waals surface area contributed by atoms with Gasteiger partial charge in [-0.3, -0.25) is 4.79 Å². The zero-order valence-corrected chi connectivity index (χ0v) is 33.7. The molecule has 0 heterocycles. The Morgan fingerprint density at radius 3 is 0.918 bits per heavy atom. The maximum atomic E-state index is 12.4. The molecule has 0 spiro atoms. The first-order valence-electron chi connectivity index (χ1n) is 22.7. The normalized spacial score (nSPS) is 12.8. The van der Waals surface area contributed by atoms with E-state index in [1.807, 2.05) is 0 Å². The highest BCUT2D eigenvalue weighted by Gasteiger charge is 2.20. The molecule has 0 saturated heterocycles. The van der Waals surface area contributed by atoms with E-state index in [1.165, 1.54) is 212 Å². The summed E-state index contributed by atoms with van der Waals surface area (Å²) in [5, 5.41) is 23.1. The molecule has 0 unspecified atom stereocenters. The Morgan fingerprint density at radius 2 is 0.653 bits per heavy atom. The Kier molecular flexibility index (Phi) is 41.3. The molecule has 294 valence electrons. The average Bonchev–Trinajstić information content (AvgIpc) is 3.10. The van der Waals surface area contributed by atoms with Crippen molar-refractivity contribution in [3.8, 4) is 0 Å². The Bertz CT molecular complexity index is 626. The summed E-state index contributed by atoms with van der Waals surface area (Å²) in [4.78, 5) is 12.4. The van der Waals surface area contributed by atoms with E-state index in [9.17, 15) is 15.0 Å². The highest BCUT2D eigenvalue weighted by molar-refractivity contribution is 5.76. The van der Waals surface area contributed by atoms with E-state index in [2.05, 4.69) is 19.2 Å². The van der Waals surface area contributed by atoms with Crippen molar-refractivity contribution in [2.75, 3.05) is 6.61 Å². The highest BCUT2D eigenvalue weighted by Crippen LogP contribution is 2.17. The Morgan fingerprint density at radius 1 is 0.408 bits per heavy atom. The zero-order valence-electron chi connectivity index (χ0n) is 33.7. The molecule has 0 aromatic heterocycles. The zero-order chi connectivity index (χ0) is 35.7. The first kappa shape index (κ1) is 48.4. The monoisotopic (exact) mass is 694 g/mol. The van der Waals surface area contributed by atoms with Gasteiger partial charge >= 0.3 is 0 Å². The number of carbonyl (C=O) groups is 1. The predicted octanol–water partition coefficient (Wildman–Crippen LogP) is 14.1. The van der Waals surface area contributed by atoms with E-state index >= 15 is 0 Å². The van der Waals surface area contributed by atoms with Gasteiger partial charge in [0.2, 0.25) is 5.91 Å². The number of aliphatic hydroxyl groups excluding tert-OH is 2. The third kappa shape index (κ3) is 38.5. The number of rotatable bonds is 42. The maximum absolute atomic E-state index is 12.4. The minimum atomic E-state index is -0.652. The van der Waals surface area contributed by atoms with E-state index in [-0.39, 0.29) is 12.5 Å². The molecule has 1 amide bonds. The third-order valence-electron chi connectivity index (χ3n) is 10.9. The second kappa shape index (κ2) is 41.8. The molecule has 0 fully saturated rings. The van der Waals surface area contributed by atoms with Crippen molar-refractivity contribution in [1.29, 1.82) is 0 Å². The molecule has 2 atom stereocenters. The van der Waals surface area contributed by atoms with Crippen molar-refractivity contribution < 1.29 is 15.0 Å². The van der Waals surface area contributed by atoms with Gasteiger partial charge in [-0.05, 0) is 12.8 Å². The number of aliphatic hydroxyl groups is 2. The minimum absolute atomic E-state index is 0.0260. The highest BCUT2D eigenvalue weighted by atomic mass is 16.3. The molecule has 4 nitrogen and oxygen atoms in total. The van der Waals surface area contributed by atoms with Crippen LogP contribution in [0.2, 0.25) is 0 Å². The van der Waals surface area contributed by atoms with Gasteiger partial charge in [-0.25, -0.2) is 0 Å². The van der Waals surface area contributed by atoms with Crippen molar-refractivity contribution in [2.45, 2.75) is 276 Å². The minimum Gasteiger partial charge on any atom is -0.394 e. The van der Waals surface area contributed by atoms with Crippen LogP contribution in [0.3, 0.4) is 0 Å². The van der Waals surface area contributed by atoms with Crippen LogP contribution in [-0.4, -0.2) is 34.9 Å². The Hall–Kier alpha value is -0.610. The van der Waals surface area contributed by atoms with Crippen LogP contribution < -0.4 is 5.32 Å². The molecule has 0 saturated carbocycles. The van der Waals surface area contributed by atoms with Crippen LogP contribution in [-0.2, 0) is 4.79 Å². The van der Waals surface area contributed by atoms with Crippen molar-refractivity contribution in [2.24, 2.45) is 0 Å². The smallest absolute Gasteiger partial charge is 0.220 e. The summed E-state index contributed by atoms with van der Waals surface area (Å²) in [5.41, 5.74) is 0. The summed E-state index contributed by atoms with van der Waals surface area (Å²) in [5.74, 6) is -0.0260. The largest absolute Gasteiger partial charge is 0.394 e. The predicted molar refractivity (Wildman–Crippen MR) is 216 cm³/mol. The van der Waals surface area contributed by atoms with Gasteiger partial charge in [-0.15, -0.1) is 0 Å². The summed E-state index contributed by atoms with van der Waals surface area (Å²) in [7, 11) is 0. The lowest BCUT2D eigenvalue weighted by atomic mass is 10.0. The first-order chi connectivity index (χ1) is 24.2. The third-order valence-corrected chi connectivity index (χ3v) is 10.9. The SMILES string of the molecule is CCCCCCCCCCCCCCCCCCCCCCCCCCCC(=O)N[C@@H](CO)[C@H](O)CCCCCCCCCCCCCC. The molecule has 0 aromatic carbocycles. The summed E-state index contributed by atoms with van der Waals surface area (Å²) < 4.78 is 0. The van der Waals surface area contributed by atoms with Gasteiger partial charge in [0.05, 0.1) is 18.8 Å². The lowest BCUT2D eigenvalue weighted by molar-refractivity contribution is -0.123.